The maximum atomic E-state index is 13.1. The lowest BCUT2D eigenvalue weighted by Crippen LogP contribution is -2.41. The normalized spacial score (nSPS) is 13.7. The summed E-state index contributed by atoms with van der Waals surface area (Å²) in [6.45, 7) is 1.41. The van der Waals surface area contributed by atoms with Gasteiger partial charge in [-0.2, -0.15) is 0 Å². The molecule has 0 atom stereocenters. The van der Waals surface area contributed by atoms with Crippen LogP contribution in [0.2, 0.25) is 0 Å². The number of fused-ring (bicyclic) bond motifs is 1. The third-order valence-electron chi connectivity index (χ3n) is 7.46. The fraction of sp³-hybridized carbons (Fsp3) is 0.367. The van der Waals surface area contributed by atoms with Crippen LogP contribution in [-0.4, -0.2) is 89.1 Å². The number of para-hydroxylation sites is 2. The fourth-order valence-corrected chi connectivity index (χ4v) is 5.95. The molecular formula is C30H34N6O6S. The van der Waals surface area contributed by atoms with Crippen molar-refractivity contribution in [2.24, 2.45) is 0 Å². The lowest BCUT2D eigenvalue weighted by molar-refractivity contribution is -0.131. The van der Waals surface area contributed by atoms with Crippen molar-refractivity contribution in [1.82, 2.24) is 24.3 Å². The minimum absolute atomic E-state index is 0.0221. The Bertz CT molecular complexity index is 1640. The number of benzene rings is 2. The summed E-state index contributed by atoms with van der Waals surface area (Å²) in [4.78, 5) is 62.0. The van der Waals surface area contributed by atoms with Gasteiger partial charge in [-0.05, 0) is 49.2 Å². The number of thiazole rings is 1. The summed E-state index contributed by atoms with van der Waals surface area (Å²) in [6, 6.07) is 14.3. The summed E-state index contributed by atoms with van der Waals surface area (Å²) < 4.78 is 12.1. The quantitative estimate of drug-likeness (QED) is 0.268. The van der Waals surface area contributed by atoms with Crippen LogP contribution in [0.3, 0.4) is 0 Å². The van der Waals surface area contributed by atoms with Crippen molar-refractivity contribution in [3.8, 4) is 5.75 Å². The number of carbonyl (C=O) groups excluding carboxylic acids is 3. The van der Waals surface area contributed by atoms with E-state index in [1.54, 1.807) is 46.2 Å². The van der Waals surface area contributed by atoms with Crippen molar-refractivity contribution >= 4 is 45.2 Å². The Morgan fingerprint density at radius 1 is 1.09 bits per heavy atom. The van der Waals surface area contributed by atoms with Crippen LogP contribution in [0.15, 0.2) is 58.7 Å². The number of H-pyrrole nitrogens is 1. The number of hydrogen-bond donors (Lipinski definition) is 2. The van der Waals surface area contributed by atoms with Gasteiger partial charge in [0.25, 0.3) is 5.91 Å². The molecule has 1 aliphatic heterocycles. The van der Waals surface area contributed by atoms with Crippen molar-refractivity contribution in [2.45, 2.75) is 25.3 Å². The lowest BCUT2D eigenvalue weighted by Gasteiger charge is -2.32. The molecule has 0 spiro atoms. The summed E-state index contributed by atoms with van der Waals surface area (Å²) in [5.74, 6) is -0.135. The number of amides is 3. The fourth-order valence-electron chi connectivity index (χ4n) is 5.22. The molecular weight excluding hydrogens is 572 g/mol. The van der Waals surface area contributed by atoms with E-state index in [-0.39, 0.29) is 49.7 Å². The van der Waals surface area contributed by atoms with E-state index in [4.69, 9.17) is 9.47 Å². The summed E-state index contributed by atoms with van der Waals surface area (Å²) in [7, 11) is 3.08. The molecule has 0 saturated carbocycles. The van der Waals surface area contributed by atoms with Crippen LogP contribution < -0.4 is 15.7 Å². The van der Waals surface area contributed by atoms with Gasteiger partial charge in [0, 0.05) is 43.7 Å². The number of rotatable bonds is 11. The molecule has 12 nitrogen and oxygen atoms in total. The Morgan fingerprint density at radius 3 is 2.56 bits per heavy atom. The minimum atomic E-state index is -0.403. The average molecular weight is 607 g/mol. The van der Waals surface area contributed by atoms with Crippen molar-refractivity contribution in [3.05, 3.63) is 75.7 Å². The van der Waals surface area contributed by atoms with E-state index in [1.807, 2.05) is 24.3 Å². The molecule has 3 amide bonds. The van der Waals surface area contributed by atoms with E-state index in [0.717, 1.165) is 11.0 Å². The van der Waals surface area contributed by atoms with E-state index in [2.05, 4.69) is 15.3 Å². The van der Waals surface area contributed by atoms with Crippen molar-refractivity contribution in [2.75, 3.05) is 52.3 Å². The third kappa shape index (κ3) is 7.12. The maximum absolute atomic E-state index is 13.1. The number of methoxy groups -OCH3 is 2. The van der Waals surface area contributed by atoms with Crippen molar-refractivity contribution in [1.29, 1.82) is 0 Å². The zero-order valence-corrected chi connectivity index (χ0v) is 24.9. The van der Waals surface area contributed by atoms with Gasteiger partial charge in [-0.25, -0.2) is 9.78 Å². The van der Waals surface area contributed by atoms with Gasteiger partial charge < -0.3 is 29.6 Å². The molecule has 2 aromatic heterocycles. The van der Waals surface area contributed by atoms with Crippen LogP contribution in [0.5, 0.6) is 5.75 Å². The van der Waals surface area contributed by atoms with Gasteiger partial charge in [0.05, 0.1) is 36.9 Å². The Morgan fingerprint density at radius 2 is 1.84 bits per heavy atom. The number of hydrogen-bond acceptors (Lipinski definition) is 8. The minimum Gasteiger partial charge on any atom is -0.497 e. The molecule has 0 aliphatic carbocycles. The highest BCUT2D eigenvalue weighted by Gasteiger charge is 2.27. The van der Waals surface area contributed by atoms with E-state index < -0.39 is 5.91 Å². The highest BCUT2D eigenvalue weighted by molar-refractivity contribution is 7.13. The van der Waals surface area contributed by atoms with E-state index in [0.29, 0.717) is 48.1 Å². The maximum Gasteiger partial charge on any atom is 0.326 e. The Balaban J connectivity index is 1.13. The van der Waals surface area contributed by atoms with Gasteiger partial charge in [0.2, 0.25) is 11.8 Å². The monoisotopic (exact) mass is 606 g/mol. The van der Waals surface area contributed by atoms with Crippen LogP contribution in [0, 0.1) is 0 Å². The van der Waals surface area contributed by atoms with Gasteiger partial charge in [-0.1, -0.05) is 12.1 Å². The molecule has 13 heteroatoms. The predicted molar refractivity (Wildman–Crippen MR) is 163 cm³/mol. The standard InChI is InChI=1S/C30H34N6O6S/c1-41-16-15-35(28(39)20-7-9-23(42-2)10-8-20)18-26(37)33-29-31-21(19-43-29)17-27(38)34-13-11-22(12-14-34)36-25-6-4-3-5-24(25)32-30(36)40/h3-10,19,22H,11-18H2,1-2H3,(H,32,40)(H,31,33,37). The number of ether oxygens (including phenoxy) is 2. The number of likely N-dealkylation sites (tertiary alicyclic amines) is 1. The second-order valence-electron chi connectivity index (χ2n) is 10.2. The number of imidazole rings is 1. The van der Waals surface area contributed by atoms with Crippen LogP contribution >= 0.6 is 11.3 Å². The Kier molecular flexibility index (Phi) is 9.52. The van der Waals surface area contributed by atoms with Gasteiger partial charge in [0.1, 0.15) is 12.3 Å². The van der Waals surface area contributed by atoms with Crippen molar-refractivity contribution < 1.29 is 23.9 Å². The molecule has 3 heterocycles. The predicted octanol–water partition coefficient (Wildman–Crippen LogP) is 2.93. The molecule has 0 unspecified atom stereocenters. The third-order valence-corrected chi connectivity index (χ3v) is 8.27. The molecule has 1 saturated heterocycles. The zero-order valence-electron chi connectivity index (χ0n) is 24.1. The number of nitrogens with one attached hydrogen (secondary N) is 2. The second kappa shape index (κ2) is 13.7. The first-order valence-corrected chi connectivity index (χ1v) is 14.9. The van der Waals surface area contributed by atoms with Crippen LogP contribution in [-0.2, 0) is 20.7 Å². The second-order valence-corrected chi connectivity index (χ2v) is 11.1. The molecule has 1 fully saturated rings. The van der Waals surface area contributed by atoms with E-state index in [1.165, 1.54) is 23.3 Å². The summed E-state index contributed by atoms with van der Waals surface area (Å²) in [5, 5.41) is 4.84. The van der Waals surface area contributed by atoms with E-state index in [9.17, 15) is 19.2 Å². The molecule has 2 aromatic carbocycles. The molecule has 226 valence electrons. The summed E-state index contributed by atoms with van der Waals surface area (Å²) >= 11 is 1.22. The Hall–Kier alpha value is -4.49. The number of piperidine rings is 1. The topological polar surface area (TPSA) is 139 Å². The highest BCUT2D eigenvalue weighted by Crippen LogP contribution is 2.25. The summed E-state index contributed by atoms with van der Waals surface area (Å²) in [6.07, 6.45) is 1.47. The smallest absolute Gasteiger partial charge is 0.326 e. The van der Waals surface area contributed by atoms with Crippen molar-refractivity contribution in [3.63, 3.8) is 0 Å². The lowest BCUT2D eigenvalue weighted by atomic mass is 10.0. The van der Waals surface area contributed by atoms with Gasteiger partial charge in [0.15, 0.2) is 5.13 Å². The number of nitrogens with zero attached hydrogens (tertiary/aromatic N) is 4. The largest absolute Gasteiger partial charge is 0.497 e. The molecule has 0 radical (unpaired) electrons. The number of carbonyl (C=O) groups is 3. The van der Waals surface area contributed by atoms with Gasteiger partial charge in [-0.15, -0.1) is 11.3 Å². The zero-order chi connectivity index (χ0) is 30.3. The summed E-state index contributed by atoms with van der Waals surface area (Å²) in [5.41, 5.74) is 2.54. The van der Waals surface area contributed by atoms with Gasteiger partial charge >= 0.3 is 5.69 Å². The molecule has 1 aliphatic rings. The SMILES string of the molecule is COCCN(CC(=O)Nc1nc(CC(=O)N2CCC(n3c(=O)[nH]c4ccccc43)CC2)cs1)C(=O)c1ccc(OC)cc1. The van der Waals surface area contributed by atoms with Gasteiger partial charge in [-0.3, -0.25) is 19.0 Å². The molecule has 2 N–H and O–H groups in total. The Labute approximate surface area is 252 Å². The highest BCUT2D eigenvalue weighted by atomic mass is 32.1. The number of aromatic amines is 1. The molecule has 0 bridgehead atoms. The average Bonchev–Trinajstić information content (AvgIpc) is 3.61. The van der Waals surface area contributed by atoms with Crippen LogP contribution in [0.25, 0.3) is 11.0 Å². The van der Waals surface area contributed by atoms with E-state index >= 15 is 0 Å². The first-order chi connectivity index (χ1) is 20.9. The number of aromatic nitrogens is 3. The number of anilines is 1. The van der Waals surface area contributed by atoms with Crippen LogP contribution in [0.4, 0.5) is 5.13 Å². The first kappa shape index (κ1) is 30.0. The molecule has 4 aromatic rings. The molecule has 43 heavy (non-hydrogen) atoms. The first-order valence-electron chi connectivity index (χ1n) is 14.0. The molecule has 5 rings (SSSR count). The van der Waals surface area contributed by atoms with Crippen LogP contribution in [0.1, 0.15) is 34.9 Å².